The Bertz CT molecular complexity index is 2570. The van der Waals surface area contributed by atoms with Crippen molar-refractivity contribution >= 4 is 46.3 Å². The Morgan fingerprint density at radius 2 is 1.39 bits per heavy atom. The molecule has 4 aromatic rings. The zero-order valence-corrected chi connectivity index (χ0v) is 39.4. The highest BCUT2D eigenvalue weighted by Gasteiger charge is 2.44. The summed E-state index contributed by atoms with van der Waals surface area (Å²) in [6.45, 7) is 9.12. The standard InChI is InChI=1S/C53H65N7O6/c1-7-32(4)47(58-52(64)66-6)50(62)60-27-11-13-44(60)48-55-40-21-18-35(28-41(40)56-48)37-19-20-38(45-39(37)22-25-53(45)23-8-9-24-53)34-16-14-33(15-17-34)36-29-42(54-30-36)43-12-10-26-59(43)49(61)46(31(2)3)57-51(63)65-5/h14-21,28,30-32,43-44,46-47H,7-13,22-27,29H2,1-6H3,(H,55,56)(H,57,63)(H,58,64)/t32?,43-,44-,46-,47-/m0/s1. The number of carbonyl (C=O) groups excluding carboxylic acids is 4. The molecule has 1 saturated carbocycles. The molecular weight excluding hydrogens is 831 g/mol. The molecule has 3 fully saturated rings. The molecule has 4 heterocycles. The van der Waals surface area contributed by atoms with Crippen molar-refractivity contribution in [1.82, 2.24) is 30.4 Å². The number of amides is 4. The quantitative estimate of drug-likeness (QED) is 0.128. The predicted octanol–water partition coefficient (Wildman–Crippen LogP) is 9.65. The Balaban J connectivity index is 0.947. The third kappa shape index (κ3) is 8.38. The molecule has 2 saturated heterocycles. The van der Waals surface area contributed by atoms with Gasteiger partial charge in [-0.1, -0.05) is 89.4 Å². The molecule has 348 valence electrons. The molecule has 9 rings (SSSR count). The number of alkyl carbamates (subject to hydrolysis) is 2. The maximum absolute atomic E-state index is 14.0. The number of aliphatic imine (C=N–C) groups is 1. The molecule has 13 heteroatoms. The van der Waals surface area contributed by atoms with E-state index in [9.17, 15) is 19.2 Å². The molecule has 4 amide bonds. The first-order valence-corrected chi connectivity index (χ1v) is 24.3. The van der Waals surface area contributed by atoms with Crippen molar-refractivity contribution in [2.45, 2.75) is 134 Å². The van der Waals surface area contributed by atoms with Gasteiger partial charge in [-0.15, -0.1) is 0 Å². The number of nitrogens with zero attached hydrogens (tertiary/aromatic N) is 4. The number of imidazole rings is 1. The summed E-state index contributed by atoms with van der Waals surface area (Å²) in [5, 5.41) is 5.55. The number of H-pyrrole nitrogens is 1. The van der Waals surface area contributed by atoms with Gasteiger partial charge in [-0.3, -0.25) is 14.6 Å². The Morgan fingerprint density at radius 1 is 0.773 bits per heavy atom. The van der Waals surface area contributed by atoms with E-state index in [1.54, 1.807) is 0 Å². The average Bonchev–Trinajstić information content (AvgIpc) is 4.21. The number of allylic oxidation sites excluding steroid dienone is 1. The van der Waals surface area contributed by atoms with Crippen LogP contribution in [0.25, 0.3) is 38.9 Å². The lowest BCUT2D eigenvalue weighted by molar-refractivity contribution is -0.136. The first-order valence-electron chi connectivity index (χ1n) is 24.3. The number of benzene rings is 3. The third-order valence-corrected chi connectivity index (χ3v) is 15.5. The molecule has 0 radical (unpaired) electrons. The number of hydrogen-bond donors (Lipinski definition) is 3. The van der Waals surface area contributed by atoms with Crippen molar-refractivity contribution in [2.75, 3.05) is 27.3 Å². The van der Waals surface area contributed by atoms with Crippen molar-refractivity contribution in [3.63, 3.8) is 0 Å². The zero-order chi connectivity index (χ0) is 46.3. The predicted molar refractivity (Wildman–Crippen MR) is 257 cm³/mol. The van der Waals surface area contributed by atoms with Gasteiger partial charge in [-0.25, -0.2) is 14.6 Å². The van der Waals surface area contributed by atoms with Crippen LogP contribution in [-0.4, -0.2) is 94.9 Å². The number of nitrogens with one attached hydrogen (secondary N) is 3. The van der Waals surface area contributed by atoms with E-state index in [0.29, 0.717) is 19.5 Å². The van der Waals surface area contributed by atoms with Gasteiger partial charge in [-0.2, -0.15) is 0 Å². The smallest absolute Gasteiger partial charge is 0.407 e. The van der Waals surface area contributed by atoms with Crippen LogP contribution < -0.4 is 10.6 Å². The molecule has 0 bridgehead atoms. The van der Waals surface area contributed by atoms with Crippen LogP contribution in [0.5, 0.6) is 0 Å². The maximum Gasteiger partial charge on any atom is 0.407 e. The van der Waals surface area contributed by atoms with E-state index < -0.39 is 24.3 Å². The monoisotopic (exact) mass is 895 g/mol. The van der Waals surface area contributed by atoms with E-state index in [1.165, 1.54) is 74.1 Å². The van der Waals surface area contributed by atoms with E-state index in [0.717, 1.165) is 77.8 Å². The lowest BCUT2D eigenvalue weighted by Gasteiger charge is -2.31. The highest BCUT2D eigenvalue weighted by Crippen LogP contribution is 2.55. The van der Waals surface area contributed by atoms with Gasteiger partial charge < -0.3 is 34.9 Å². The van der Waals surface area contributed by atoms with E-state index >= 15 is 0 Å². The summed E-state index contributed by atoms with van der Waals surface area (Å²) in [6.07, 6.45) is 12.8. The van der Waals surface area contributed by atoms with E-state index in [-0.39, 0.29) is 41.1 Å². The fourth-order valence-corrected chi connectivity index (χ4v) is 11.7. The first-order chi connectivity index (χ1) is 31.9. The summed E-state index contributed by atoms with van der Waals surface area (Å²) in [5.41, 5.74) is 13.2. The largest absolute Gasteiger partial charge is 0.453 e. The molecule has 5 aliphatic rings. The van der Waals surface area contributed by atoms with Crippen LogP contribution in [0.1, 0.15) is 127 Å². The molecular formula is C53H65N7O6. The molecule has 3 N–H and O–H groups in total. The number of hydrogen-bond acceptors (Lipinski definition) is 8. The number of aromatic amines is 1. The van der Waals surface area contributed by atoms with Crippen LogP contribution in [-0.2, 0) is 30.9 Å². The molecule has 5 atom stereocenters. The molecule has 1 unspecified atom stereocenters. The second-order valence-electron chi connectivity index (χ2n) is 19.6. The van der Waals surface area contributed by atoms with Crippen molar-refractivity contribution in [3.8, 4) is 22.3 Å². The number of fused-ring (bicyclic) bond motifs is 3. The Hall–Kier alpha value is -5.98. The lowest BCUT2D eigenvalue weighted by Crippen LogP contribution is -2.53. The Morgan fingerprint density at radius 3 is 2.08 bits per heavy atom. The van der Waals surface area contributed by atoms with E-state index in [2.05, 4.69) is 70.2 Å². The molecule has 3 aromatic carbocycles. The van der Waals surface area contributed by atoms with Gasteiger partial charge in [0.1, 0.15) is 17.9 Å². The average molecular weight is 896 g/mol. The van der Waals surface area contributed by atoms with Crippen molar-refractivity contribution < 1.29 is 28.7 Å². The molecule has 2 aliphatic carbocycles. The number of carbonyl (C=O) groups is 4. The van der Waals surface area contributed by atoms with Crippen LogP contribution in [0, 0.1) is 11.8 Å². The molecule has 3 aliphatic heterocycles. The Kier molecular flexibility index (Phi) is 12.8. The fraction of sp³-hybridized carbons (Fsp3) is 0.509. The van der Waals surface area contributed by atoms with Gasteiger partial charge in [0.05, 0.1) is 37.3 Å². The summed E-state index contributed by atoms with van der Waals surface area (Å²) >= 11 is 0. The number of methoxy groups -OCH3 is 2. The molecule has 66 heavy (non-hydrogen) atoms. The topological polar surface area (TPSA) is 158 Å². The fourth-order valence-electron chi connectivity index (χ4n) is 11.7. The summed E-state index contributed by atoms with van der Waals surface area (Å²) in [6, 6.07) is 18.6. The summed E-state index contributed by atoms with van der Waals surface area (Å²) in [7, 11) is 2.63. The van der Waals surface area contributed by atoms with Gasteiger partial charge in [0.15, 0.2) is 0 Å². The highest BCUT2D eigenvalue weighted by molar-refractivity contribution is 6.04. The van der Waals surface area contributed by atoms with Crippen molar-refractivity contribution in [1.29, 1.82) is 0 Å². The van der Waals surface area contributed by atoms with Crippen LogP contribution >= 0.6 is 0 Å². The third-order valence-electron chi connectivity index (χ3n) is 15.5. The maximum atomic E-state index is 14.0. The SMILES string of the molecule is CCC(C)[C@H](NC(=O)OC)C(=O)N1CCC[C@H]1c1nc2ccc(-c3ccc(-c4ccc(C5=CN=C([C@@H]6CCCN6C(=O)[C@@H](NC(=O)OC)C(C)C)C5)cc4)c4c3CCC43CCCC3)cc2[nH]1. The summed E-state index contributed by atoms with van der Waals surface area (Å²) in [5.74, 6) is 0.456. The molecule has 1 aromatic heterocycles. The normalized spacial score (nSPS) is 21.2. The zero-order valence-electron chi connectivity index (χ0n) is 39.4. The minimum Gasteiger partial charge on any atom is -0.453 e. The number of likely N-dealkylation sites (tertiary alicyclic amines) is 2. The van der Waals surface area contributed by atoms with Gasteiger partial charge in [0.2, 0.25) is 11.8 Å². The Labute approximate surface area is 388 Å². The van der Waals surface area contributed by atoms with Crippen molar-refractivity contribution in [3.05, 3.63) is 83.3 Å². The van der Waals surface area contributed by atoms with E-state index in [4.69, 9.17) is 19.5 Å². The second kappa shape index (κ2) is 18.7. The number of aromatic nitrogens is 2. The lowest BCUT2D eigenvalue weighted by atomic mass is 9.76. The van der Waals surface area contributed by atoms with Gasteiger partial charge in [0.25, 0.3) is 0 Å². The number of rotatable bonds is 12. The summed E-state index contributed by atoms with van der Waals surface area (Å²) < 4.78 is 9.69. The van der Waals surface area contributed by atoms with Crippen LogP contribution in [0.15, 0.2) is 65.8 Å². The minimum absolute atomic E-state index is 0.0521. The minimum atomic E-state index is -0.672. The van der Waals surface area contributed by atoms with Crippen LogP contribution in [0.3, 0.4) is 0 Å². The van der Waals surface area contributed by atoms with Crippen molar-refractivity contribution in [2.24, 2.45) is 16.8 Å². The first kappa shape index (κ1) is 45.2. The van der Waals surface area contributed by atoms with Crippen LogP contribution in [0.2, 0.25) is 0 Å². The number of ether oxygens (including phenoxy) is 2. The van der Waals surface area contributed by atoms with Gasteiger partial charge in [0, 0.05) is 31.4 Å². The van der Waals surface area contributed by atoms with E-state index in [1.807, 2.05) is 43.7 Å². The molecule has 1 spiro atoms. The molecule has 13 nitrogen and oxygen atoms in total. The summed E-state index contributed by atoms with van der Waals surface area (Å²) in [4.78, 5) is 69.4. The van der Waals surface area contributed by atoms with Crippen LogP contribution in [0.4, 0.5) is 9.59 Å². The van der Waals surface area contributed by atoms with Gasteiger partial charge >= 0.3 is 12.2 Å². The highest BCUT2D eigenvalue weighted by atomic mass is 16.5. The second-order valence-corrected chi connectivity index (χ2v) is 19.6. The van der Waals surface area contributed by atoms with Gasteiger partial charge in [-0.05, 0) is 125 Å².